The number of hydrogen-bond donors (Lipinski definition) is 1. The van der Waals surface area contributed by atoms with Gasteiger partial charge in [0, 0.05) is 4.47 Å². The van der Waals surface area contributed by atoms with Gasteiger partial charge in [0.2, 0.25) is 0 Å². The molecule has 5 heteroatoms. The Bertz CT molecular complexity index is 395. The van der Waals surface area contributed by atoms with Gasteiger partial charge < -0.3 is 10.1 Å². The number of ether oxygens (including phenoxy) is 1. The maximum Gasteiger partial charge on any atom is 0.255 e. The number of halogens is 2. The Labute approximate surface area is 88.4 Å². The zero-order valence-corrected chi connectivity index (χ0v) is 8.73. The first-order valence-electron chi connectivity index (χ1n) is 4.08. The molecule has 1 N–H and O–H groups in total. The summed E-state index contributed by atoms with van der Waals surface area (Å²) in [4.78, 5) is 11.4. The lowest BCUT2D eigenvalue weighted by Crippen LogP contribution is -2.24. The Hall–Kier alpha value is -1.10. The van der Waals surface area contributed by atoms with Crippen molar-refractivity contribution >= 4 is 21.8 Å². The van der Waals surface area contributed by atoms with Crippen molar-refractivity contribution in [2.24, 2.45) is 0 Å². The fraction of sp³-hybridized carbons (Fsp3) is 0.222. The third-order valence-corrected chi connectivity index (χ3v) is 2.34. The molecule has 2 rings (SSSR count). The van der Waals surface area contributed by atoms with Gasteiger partial charge in [-0.2, -0.15) is 0 Å². The van der Waals surface area contributed by atoms with Crippen molar-refractivity contribution in [2.75, 3.05) is 13.2 Å². The topological polar surface area (TPSA) is 38.3 Å². The van der Waals surface area contributed by atoms with Crippen molar-refractivity contribution in [1.29, 1.82) is 0 Å². The normalized spacial score (nSPS) is 15.1. The van der Waals surface area contributed by atoms with Crippen LogP contribution in [0.25, 0.3) is 0 Å². The number of amides is 1. The molecule has 3 nitrogen and oxygen atoms in total. The van der Waals surface area contributed by atoms with Gasteiger partial charge in [-0.25, -0.2) is 4.39 Å². The number of carbonyl (C=O) groups excluding carboxylic acids is 1. The molecule has 0 radical (unpaired) electrons. The van der Waals surface area contributed by atoms with E-state index in [0.717, 1.165) is 0 Å². The number of benzene rings is 1. The van der Waals surface area contributed by atoms with Crippen LogP contribution in [0.5, 0.6) is 5.75 Å². The molecule has 1 heterocycles. The Morgan fingerprint density at radius 1 is 1.50 bits per heavy atom. The van der Waals surface area contributed by atoms with E-state index in [1.54, 1.807) is 6.07 Å². The van der Waals surface area contributed by atoms with E-state index in [1.165, 1.54) is 6.07 Å². The summed E-state index contributed by atoms with van der Waals surface area (Å²) in [6.07, 6.45) is 0. The molecule has 0 spiro atoms. The first-order valence-corrected chi connectivity index (χ1v) is 4.88. The Morgan fingerprint density at radius 3 is 3.07 bits per heavy atom. The van der Waals surface area contributed by atoms with Gasteiger partial charge in [-0.1, -0.05) is 15.9 Å². The predicted octanol–water partition coefficient (Wildman–Crippen LogP) is 1.71. The highest BCUT2D eigenvalue weighted by atomic mass is 79.9. The largest absolute Gasteiger partial charge is 0.488 e. The summed E-state index contributed by atoms with van der Waals surface area (Å²) in [5.41, 5.74) is 0.231. The molecule has 0 aliphatic carbocycles. The van der Waals surface area contributed by atoms with Gasteiger partial charge >= 0.3 is 0 Å². The zero-order valence-electron chi connectivity index (χ0n) is 7.14. The van der Waals surface area contributed by atoms with Crippen molar-refractivity contribution in [3.63, 3.8) is 0 Å². The van der Waals surface area contributed by atoms with E-state index in [9.17, 15) is 9.18 Å². The number of carbonyl (C=O) groups is 1. The summed E-state index contributed by atoms with van der Waals surface area (Å²) in [6.45, 7) is 0.682. The summed E-state index contributed by atoms with van der Waals surface area (Å²) >= 11 is 3.12. The lowest BCUT2D eigenvalue weighted by molar-refractivity contribution is 0.0957. The molecular formula is C9H7BrFNO2. The molecule has 0 unspecified atom stereocenters. The molecule has 0 bridgehead atoms. The van der Waals surface area contributed by atoms with Gasteiger partial charge in [0.25, 0.3) is 5.91 Å². The molecule has 0 saturated carbocycles. The van der Waals surface area contributed by atoms with E-state index >= 15 is 0 Å². The second-order valence-electron chi connectivity index (χ2n) is 2.87. The van der Waals surface area contributed by atoms with Crippen molar-refractivity contribution in [3.05, 3.63) is 28.0 Å². The quantitative estimate of drug-likeness (QED) is 0.771. The minimum absolute atomic E-state index is 0.0307. The van der Waals surface area contributed by atoms with Gasteiger partial charge in [0.15, 0.2) is 11.6 Å². The van der Waals surface area contributed by atoms with Gasteiger partial charge in [-0.05, 0) is 12.1 Å². The van der Waals surface area contributed by atoms with E-state index in [2.05, 4.69) is 21.2 Å². The van der Waals surface area contributed by atoms with E-state index in [1.807, 2.05) is 0 Å². The second-order valence-corrected chi connectivity index (χ2v) is 3.78. The van der Waals surface area contributed by atoms with E-state index in [4.69, 9.17) is 4.74 Å². The first kappa shape index (κ1) is 9.45. The zero-order chi connectivity index (χ0) is 10.1. The standard InChI is InChI=1S/C9H7BrFNO2/c10-5-3-6-8(7(11)4-5)14-2-1-12-9(6)13/h3-4H,1-2H2,(H,12,13). The maximum atomic E-state index is 13.4. The van der Waals surface area contributed by atoms with Crippen LogP contribution in [-0.4, -0.2) is 19.1 Å². The molecule has 74 valence electrons. The van der Waals surface area contributed by atoms with Gasteiger partial charge in [-0.3, -0.25) is 4.79 Å². The summed E-state index contributed by atoms with van der Waals surface area (Å²) in [7, 11) is 0. The fourth-order valence-corrected chi connectivity index (χ4v) is 1.72. The van der Waals surface area contributed by atoms with Crippen LogP contribution in [0.1, 0.15) is 10.4 Å². The molecule has 1 amide bonds. The molecule has 0 saturated heterocycles. The summed E-state index contributed by atoms with van der Waals surface area (Å²) in [6, 6.07) is 2.82. The summed E-state index contributed by atoms with van der Waals surface area (Å²) in [5.74, 6) is -0.799. The monoisotopic (exact) mass is 259 g/mol. The van der Waals surface area contributed by atoms with Gasteiger partial charge in [-0.15, -0.1) is 0 Å². The van der Waals surface area contributed by atoms with Crippen LogP contribution in [0.2, 0.25) is 0 Å². The molecule has 14 heavy (non-hydrogen) atoms. The molecule has 1 aromatic carbocycles. The number of nitrogens with one attached hydrogen (secondary N) is 1. The van der Waals surface area contributed by atoms with Crippen molar-refractivity contribution in [3.8, 4) is 5.75 Å². The average molecular weight is 260 g/mol. The smallest absolute Gasteiger partial charge is 0.255 e. The van der Waals surface area contributed by atoms with Crippen molar-refractivity contribution in [2.45, 2.75) is 0 Å². The van der Waals surface area contributed by atoms with Crippen molar-refractivity contribution in [1.82, 2.24) is 5.32 Å². The molecule has 1 aromatic rings. The SMILES string of the molecule is O=C1NCCOc2c(F)cc(Br)cc21. The van der Waals surface area contributed by atoms with Crippen LogP contribution in [0.4, 0.5) is 4.39 Å². The van der Waals surface area contributed by atoms with Crippen LogP contribution in [0.15, 0.2) is 16.6 Å². The highest BCUT2D eigenvalue weighted by molar-refractivity contribution is 9.10. The number of fused-ring (bicyclic) bond motifs is 1. The molecular weight excluding hydrogens is 253 g/mol. The Balaban J connectivity index is 2.58. The Morgan fingerprint density at radius 2 is 2.29 bits per heavy atom. The van der Waals surface area contributed by atoms with Crippen LogP contribution < -0.4 is 10.1 Å². The average Bonchev–Trinajstić information content (AvgIpc) is 2.29. The molecule has 0 atom stereocenters. The first-order chi connectivity index (χ1) is 6.68. The number of hydrogen-bond acceptors (Lipinski definition) is 2. The van der Waals surface area contributed by atoms with Crippen LogP contribution >= 0.6 is 15.9 Å². The van der Waals surface area contributed by atoms with E-state index in [-0.39, 0.29) is 23.8 Å². The third-order valence-electron chi connectivity index (χ3n) is 1.89. The highest BCUT2D eigenvalue weighted by Gasteiger charge is 2.20. The minimum atomic E-state index is -0.522. The van der Waals surface area contributed by atoms with Crippen LogP contribution in [0.3, 0.4) is 0 Å². The van der Waals surface area contributed by atoms with Gasteiger partial charge in [0.1, 0.15) is 6.61 Å². The highest BCUT2D eigenvalue weighted by Crippen LogP contribution is 2.28. The van der Waals surface area contributed by atoms with Crippen molar-refractivity contribution < 1.29 is 13.9 Å². The lowest BCUT2D eigenvalue weighted by atomic mass is 10.2. The van der Waals surface area contributed by atoms with Crippen LogP contribution in [0, 0.1) is 5.82 Å². The Kier molecular flexibility index (Phi) is 2.41. The van der Waals surface area contributed by atoms with E-state index in [0.29, 0.717) is 11.0 Å². The molecule has 0 aromatic heterocycles. The molecule has 1 aliphatic rings. The summed E-state index contributed by atoms with van der Waals surface area (Å²) < 4.78 is 19.0. The third kappa shape index (κ3) is 1.59. The predicted molar refractivity (Wildman–Crippen MR) is 51.9 cm³/mol. The molecule has 1 aliphatic heterocycles. The van der Waals surface area contributed by atoms with E-state index < -0.39 is 5.82 Å². The van der Waals surface area contributed by atoms with Crippen LogP contribution in [-0.2, 0) is 0 Å². The minimum Gasteiger partial charge on any atom is -0.488 e. The lowest BCUT2D eigenvalue weighted by Gasteiger charge is -2.06. The molecule has 0 fully saturated rings. The maximum absolute atomic E-state index is 13.4. The van der Waals surface area contributed by atoms with Gasteiger partial charge in [0.05, 0.1) is 12.1 Å². The second kappa shape index (κ2) is 3.57. The number of rotatable bonds is 0. The fourth-order valence-electron chi connectivity index (χ4n) is 1.29. The summed E-state index contributed by atoms with van der Waals surface area (Å²) in [5, 5.41) is 2.60.